The Labute approximate surface area is 143 Å². The minimum atomic E-state index is -0.0196. The smallest absolute Gasteiger partial charge is 0.317 e. The van der Waals surface area contributed by atoms with E-state index in [0.717, 1.165) is 31.6 Å². The fraction of sp³-hybridized carbons (Fsp3) is 0.706. The lowest BCUT2D eigenvalue weighted by Crippen LogP contribution is -2.45. The van der Waals surface area contributed by atoms with Gasteiger partial charge in [0.25, 0.3) is 0 Å². The van der Waals surface area contributed by atoms with E-state index < -0.39 is 0 Å². The standard InChI is InChI=1S/C17H27N5O2/c1-21(2)15-10-18-11-16(20-15)24-14-8-9-22(12-14)17(23)19-13-6-4-3-5-7-13/h10-11,13-14H,3-9,12H2,1-2H3,(H,19,23). The first kappa shape index (κ1) is 16.8. The average Bonchev–Trinajstić information content (AvgIpc) is 3.04. The Morgan fingerprint density at radius 3 is 2.79 bits per heavy atom. The van der Waals surface area contributed by atoms with Crippen LogP contribution in [0.3, 0.4) is 0 Å². The van der Waals surface area contributed by atoms with E-state index in [1.165, 1.54) is 19.3 Å². The van der Waals surface area contributed by atoms with Crippen LogP contribution in [0.1, 0.15) is 38.5 Å². The zero-order chi connectivity index (χ0) is 16.9. The number of anilines is 1. The molecular formula is C17H27N5O2. The van der Waals surface area contributed by atoms with Crippen molar-refractivity contribution < 1.29 is 9.53 Å². The molecule has 2 amide bonds. The molecule has 1 saturated carbocycles. The second kappa shape index (κ2) is 7.68. The van der Waals surface area contributed by atoms with Crippen LogP contribution in [-0.4, -0.2) is 60.2 Å². The number of aromatic nitrogens is 2. The minimum absolute atomic E-state index is 0.0196. The monoisotopic (exact) mass is 333 g/mol. The van der Waals surface area contributed by atoms with Gasteiger partial charge >= 0.3 is 6.03 Å². The van der Waals surface area contributed by atoms with Crippen molar-refractivity contribution in [2.24, 2.45) is 0 Å². The highest BCUT2D eigenvalue weighted by Gasteiger charge is 2.29. The summed E-state index contributed by atoms with van der Waals surface area (Å²) in [5.74, 6) is 1.28. The van der Waals surface area contributed by atoms with Crippen molar-refractivity contribution in [3.63, 3.8) is 0 Å². The third-order valence-corrected chi connectivity index (χ3v) is 4.71. The number of carbonyl (C=O) groups excluding carboxylic acids is 1. The Morgan fingerprint density at radius 1 is 1.25 bits per heavy atom. The lowest BCUT2D eigenvalue weighted by atomic mass is 9.96. The molecule has 0 aromatic carbocycles. The molecule has 1 N–H and O–H groups in total. The highest BCUT2D eigenvalue weighted by atomic mass is 16.5. The molecular weight excluding hydrogens is 306 g/mol. The quantitative estimate of drug-likeness (QED) is 0.913. The lowest BCUT2D eigenvalue weighted by molar-refractivity contribution is 0.178. The van der Waals surface area contributed by atoms with E-state index in [-0.39, 0.29) is 12.1 Å². The normalized spacial score (nSPS) is 21.6. The van der Waals surface area contributed by atoms with Crippen molar-refractivity contribution in [3.8, 4) is 5.88 Å². The number of hydrogen-bond acceptors (Lipinski definition) is 5. The van der Waals surface area contributed by atoms with Crippen LogP contribution in [-0.2, 0) is 0 Å². The van der Waals surface area contributed by atoms with Crippen LogP contribution in [0.25, 0.3) is 0 Å². The molecule has 3 rings (SSSR count). The first-order valence-electron chi connectivity index (χ1n) is 8.83. The van der Waals surface area contributed by atoms with Gasteiger partial charge in [0.05, 0.1) is 18.9 Å². The SMILES string of the molecule is CN(C)c1cncc(OC2CCN(C(=O)NC3CCCCC3)C2)n1. The molecule has 1 aromatic heterocycles. The molecule has 0 spiro atoms. The molecule has 7 heteroatoms. The average molecular weight is 333 g/mol. The van der Waals surface area contributed by atoms with E-state index in [4.69, 9.17) is 4.74 Å². The van der Waals surface area contributed by atoms with Crippen molar-refractivity contribution in [2.75, 3.05) is 32.1 Å². The van der Waals surface area contributed by atoms with Crippen LogP contribution in [0.5, 0.6) is 5.88 Å². The largest absolute Gasteiger partial charge is 0.471 e. The van der Waals surface area contributed by atoms with Gasteiger partial charge in [-0.1, -0.05) is 19.3 Å². The molecule has 1 saturated heterocycles. The second-order valence-electron chi connectivity index (χ2n) is 6.87. The van der Waals surface area contributed by atoms with Gasteiger partial charge in [-0.25, -0.2) is 4.79 Å². The zero-order valence-electron chi connectivity index (χ0n) is 14.6. The minimum Gasteiger partial charge on any atom is -0.471 e. The number of ether oxygens (including phenoxy) is 1. The summed E-state index contributed by atoms with van der Waals surface area (Å²) in [6.07, 6.45) is 10.1. The van der Waals surface area contributed by atoms with Crippen LogP contribution in [0.15, 0.2) is 12.4 Å². The van der Waals surface area contributed by atoms with Gasteiger partial charge in [-0.3, -0.25) is 4.98 Å². The van der Waals surface area contributed by atoms with Gasteiger partial charge in [0.15, 0.2) is 5.82 Å². The summed E-state index contributed by atoms with van der Waals surface area (Å²) in [6.45, 7) is 1.33. The lowest BCUT2D eigenvalue weighted by Gasteiger charge is -2.26. The summed E-state index contributed by atoms with van der Waals surface area (Å²) < 4.78 is 5.91. The van der Waals surface area contributed by atoms with Gasteiger partial charge in [-0.05, 0) is 12.8 Å². The maximum absolute atomic E-state index is 12.4. The third-order valence-electron chi connectivity index (χ3n) is 4.71. The van der Waals surface area contributed by atoms with Crippen molar-refractivity contribution in [3.05, 3.63) is 12.4 Å². The molecule has 2 heterocycles. The highest BCUT2D eigenvalue weighted by molar-refractivity contribution is 5.74. The number of likely N-dealkylation sites (tertiary alicyclic amines) is 1. The highest BCUT2D eigenvalue weighted by Crippen LogP contribution is 2.20. The van der Waals surface area contributed by atoms with Crippen molar-refractivity contribution in [2.45, 2.75) is 50.7 Å². The Bertz CT molecular complexity index is 560. The maximum Gasteiger partial charge on any atom is 0.317 e. The number of rotatable bonds is 4. The van der Waals surface area contributed by atoms with Crippen molar-refractivity contribution >= 4 is 11.8 Å². The van der Waals surface area contributed by atoms with Gasteiger partial charge in [0.2, 0.25) is 5.88 Å². The van der Waals surface area contributed by atoms with Gasteiger partial charge in [0.1, 0.15) is 6.10 Å². The summed E-state index contributed by atoms with van der Waals surface area (Å²) in [6, 6.07) is 0.384. The maximum atomic E-state index is 12.4. The van der Waals surface area contributed by atoms with E-state index in [1.54, 1.807) is 12.4 Å². The topological polar surface area (TPSA) is 70.6 Å². The van der Waals surface area contributed by atoms with Gasteiger partial charge < -0.3 is 19.9 Å². The molecule has 0 radical (unpaired) electrons. The molecule has 1 aliphatic carbocycles. The van der Waals surface area contributed by atoms with Crippen LogP contribution in [0, 0.1) is 0 Å². The molecule has 1 unspecified atom stereocenters. The Kier molecular flexibility index (Phi) is 5.37. The van der Waals surface area contributed by atoms with Crippen LogP contribution >= 0.6 is 0 Å². The number of nitrogens with one attached hydrogen (secondary N) is 1. The van der Waals surface area contributed by atoms with Crippen molar-refractivity contribution in [1.29, 1.82) is 0 Å². The van der Waals surface area contributed by atoms with Gasteiger partial charge in [-0.2, -0.15) is 4.98 Å². The molecule has 7 nitrogen and oxygen atoms in total. The predicted octanol–water partition coefficient (Wildman–Crippen LogP) is 2.04. The zero-order valence-corrected chi connectivity index (χ0v) is 14.6. The molecule has 1 atom stereocenters. The fourth-order valence-electron chi connectivity index (χ4n) is 3.30. The first-order valence-corrected chi connectivity index (χ1v) is 8.83. The van der Waals surface area contributed by atoms with E-state index in [0.29, 0.717) is 18.5 Å². The molecule has 132 valence electrons. The molecule has 2 aliphatic rings. The Morgan fingerprint density at radius 2 is 2.04 bits per heavy atom. The molecule has 0 bridgehead atoms. The number of amides is 2. The number of nitrogens with zero attached hydrogens (tertiary/aromatic N) is 4. The van der Waals surface area contributed by atoms with E-state index in [2.05, 4.69) is 15.3 Å². The van der Waals surface area contributed by atoms with E-state index in [9.17, 15) is 4.79 Å². The summed E-state index contributed by atoms with van der Waals surface area (Å²) in [5, 5.41) is 3.17. The van der Waals surface area contributed by atoms with Gasteiger partial charge in [-0.15, -0.1) is 0 Å². The third kappa shape index (κ3) is 4.27. The van der Waals surface area contributed by atoms with E-state index in [1.807, 2.05) is 23.9 Å². The summed E-state index contributed by atoms with van der Waals surface area (Å²) in [4.78, 5) is 24.7. The summed E-state index contributed by atoms with van der Waals surface area (Å²) >= 11 is 0. The van der Waals surface area contributed by atoms with Gasteiger partial charge in [0, 0.05) is 33.1 Å². The molecule has 24 heavy (non-hydrogen) atoms. The summed E-state index contributed by atoms with van der Waals surface area (Å²) in [7, 11) is 3.83. The summed E-state index contributed by atoms with van der Waals surface area (Å²) in [5.41, 5.74) is 0. The molecule has 1 aliphatic heterocycles. The fourth-order valence-corrected chi connectivity index (χ4v) is 3.30. The van der Waals surface area contributed by atoms with E-state index >= 15 is 0 Å². The number of urea groups is 1. The van der Waals surface area contributed by atoms with Crippen LogP contribution < -0.4 is 15.0 Å². The van der Waals surface area contributed by atoms with Crippen LogP contribution in [0.4, 0.5) is 10.6 Å². The molecule has 2 fully saturated rings. The number of carbonyl (C=O) groups is 1. The Balaban J connectivity index is 1.49. The van der Waals surface area contributed by atoms with Crippen molar-refractivity contribution in [1.82, 2.24) is 20.2 Å². The second-order valence-corrected chi connectivity index (χ2v) is 6.87. The first-order chi connectivity index (χ1) is 11.6. The molecule has 1 aromatic rings. The van der Waals surface area contributed by atoms with Crippen LogP contribution in [0.2, 0.25) is 0 Å². The Hall–Kier alpha value is -2.05. The number of hydrogen-bond donors (Lipinski definition) is 1. The predicted molar refractivity (Wildman–Crippen MR) is 92.4 cm³/mol.